The quantitative estimate of drug-likeness (QED) is 0.789. The molecule has 2 N–H and O–H groups in total. The van der Waals surface area contributed by atoms with Crippen LogP contribution < -0.4 is 10.6 Å². The molecule has 2 aromatic carbocycles. The van der Waals surface area contributed by atoms with Crippen LogP contribution in [0.5, 0.6) is 0 Å². The fraction of sp³-hybridized carbons (Fsp3) is 0.167. The predicted molar refractivity (Wildman–Crippen MR) is 95.6 cm³/mol. The van der Waals surface area contributed by atoms with E-state index in [1.807, 2.05) is 6.92 Å². The zero-order valence-corrected chi connectivity index (χ0v) is 14.3. The Kier molecular flexibility index (Phi) is 5.76. The summed E-state index contributed by atoms with van der Waals surface area (Å²) in [4.78, 5) is 12.0. The Labute approximate surface area is 142 Å². The molecular weight excluding hydrogens is 324 g/mol. The fourth-order valence-electron chi connectivity index (χ4n) is 2.08. The standard InChI is InChI=1S/C18H20N2O3S/c1-14(2)12-19-18(21)20-16-8-6-7-15(11-16)13-24(22,23)17-9-4-3-5-10-17/h3-11H,1,12-13H2,2H3,(H2,19,20,21). The number of hydrogen-bond donors (Lipinski definition) is 2. The lowest BCUT2D eigenvalue weighted by Crippen LogP contribution is -2.29. The highest BCUT2D eigenvalue weighted by atomic mass is 32.2. The molecule has 0 unspecified atom stereocenters. The third-order valence-corrected chi connectivity index (χ3v) is 4.90. The van der Waals surface area contributed by atoms with Gasteiger partial charge in [0.15, 0.2) is 9.84 Å². The van der Waals surface area contributed by atoms with Crippen LogP contribution in [0.3, 0.4) is 0 Å². The Morgan fingerprint density at radius 2 is 1.79 bits per heavy atom. The normalized spacial score (nSPS) is 10.9. The minimum Gasteiger partial charge on any atom is -0.334 e. The molecule has 2 aromatic rings. The van der Waals surface area contributed by atoms with E-state index < -0.39 is 9.84 Å². The number of anilines is 1. The first-order valence-electron chi connectivity index (χ1n) is 7.43. The number of benzene rings is 2. The van der Waals surface area contributed by atoms with Crippen LogP contribution in [-0.2, 0) is 15.6 Å². The van der Waals surface area contributed by atoms with Crippen molar-refractivity contribution in [3.63, 3.8) is 0 Å². The molecule has 0 atom stereocenters. The maximum atomic E-state index is 12.4. The average molecular weight is 344 g/mol. The number of nitrogens with one attached hydrogen (secondary N) is 2. The van der Waals surface area contributed by atoms with Gasteiger partial charge >= 0.3 is 6.03 Å². The number of urea groups is 1. The summed E-state index contributed by atoms with van der Waals surface area (Å²) in [6.07, 6.45) is 0. The van der Waals surface area contributed by atoms with Gasteiger partial charge in [0.05, 0.1) is 10.6 Å². The van der Waals surface area contributed by atoms with Crippen LogP contribution in [0.1, 0.15) is 12.5 Å². The van der Waals surface area contributed by atoms with Crippen LogP contribution in [0.15, 0.2) is 71.6 Å². The summed E-state index contributed by atoms with van der Waals surface area (Å²) in [6, 6.07) is 14.7. The van der Waals surface area contributed by atoms with E-state index in [0.29, 0.717) is 17.8 Å². The van der Waals surface area contributed by atoms with Crippen molar-refractivity contribution in [3.05, 3.63) is 72.3 Å². The molecule has 0 fully saturated rings. The maximum Gasteiger partial charge on any atom is 0.319 e. The zero-order valence-electron chi connectivity index (χ0n) is 13.5. The highest BCUT2D eigenvalue weighted by Crippen LogP contribution is 2.18. The molecule has 0 aliphatic carbocycles. The molecule has 2 amide bonds. The van der Waals surface area contributed by atoms with E-state index in [1.54, 1.807) is 54.6 Å². The van der Waals surface area contributed by atoms with Gasteiger partial charge < -0.3 is 10.6 Å². The average Bonchev–Trinajstić information content (AvgIpc) is 2.54. The highest BCUT2D eigenvalue weighted by Gasteiger charge is 2.15. The molecule has 5 nitrogen and oxygen atoms in total. The second kappa shape index (κ2) is 7.79. The summed E-state index contributed by atoms with van der Waals surface area (Å²) in [7, 11) is -3.42. The van der Waals surface area contributed by atoms with Crippen LogP contribution in [-0.4, -0.2) is 21.0 Å². The van der Waals surface area contributed by atoms with Crippen LogP contribution >= 0.6 is 0 Å². The van der Waals surface area contributed by atoms with Crippen LogP contribution in [0.2, 0.25) is 0 Å². The number of rotatable bonds is 6. The number of carbonyl (C=O) groups excluding carboxylic acids is 1. The van der Waals surface area contributed by atoms with Gasteiger partial charge in [0.2, 0.25) is 0 Å². The fourth-order valence-corrected chi connectivity index (χ4v) is 3.43. The monoisotopic (exact) mass is 344 g/mol. The van der Waals surface area contributed by atoms with Gasteiger partial charge in [0.25, 0.3) is 0 Å². The van der Waals surface area contributed by atoms with Gasteiger partial charge in [0, 0.05) is 12.2 Å². The van der Waals surface area contributed by atoms with Crippen LogP contribution in [0.25, 0.3) is 0 Å². The van der Waals surface area contributed by atoms with Gasteiger partial charge in [-0.2, -0.15) is 0 Å². The number of carbonyl (C=O) groups is 1. The topological polar surface area (TPSA) is 75.3 Å². The minimum absolute atomic E-state index is 0.125. The van der Waals surface area contributed by atoms with E-state index in [1.165, 1.54) is 0 Å². The second-order valence-electron chi connectivity index (χ2n) is 5.54. The lowest BCUT2D eigenvalue weighted by molar-refractivity contribution is 0.253. The maximum absolute atomic E-state index is 12.4. The molecule has 0 radical (unpaired) electrons. The van der Waals surface area contributed by atoms with E-state index in [9.17, 15) is 13.2 Å². The van der Waals surface area contributed by atoms with Gasteiger partial charge in [0.1, 0.15) is 0 Å². The third-order valence-electron chi connectivity index (χ3n) is 3.19. The summed E-state index contributed by atoms with van der Waals surface area (Å²) in [6.45, 7) is 5.91. The Bertz CT molecular complexity index is 830. The van der Waals surface area contributed by atoms with Gasteiger partial charge in [-0.3, -0.25) is 0 Å². The predicted octanol–water partition coefficient (Wildman–Crippen LogP) is 3.36. The first-order chi connectivity index (χ1) is 11.4. The molecule has 0 bridgehead atoms. The molecule has 24 heavy (non-hydrogen) atoms. The van der Waals surface area contributed by atoms with Crippen molar-refractivity contribution in [3.8, 4) is 0 Å². The van der Waals surface area contributed by atoms with Crippen molar-refractivity contribution in [2.45, 2.75) is 17.6 Å². The summed E-state index contributed by atoms with van der Waals surface area (Å²) >= 11 is 0. The smallest absolute Gasteiger partial charge is 0.319 e. The van der Waals surface area contributed by atoms with Crippen molar-refractivity contribution in [2.24, 2.45) is 0 Å². The first kappa shape index (κ1) is 17.7. The van der Waals surface area contributed by atoms with E-state index in [0.717, 1.165) is 5.57 Å². The second-order valence-corrected chi connectivity index (χ2v) is 7.53. The minimum atomic E-state index is -3.42. The molecule has 0 saturated carbocycles. The molecule has 2 rings (SSSR count). The van der Waals surface area contributed by atoms with Gasteiger partial charge in [-0.1, -0.05) is 42.5 Å². The van der Waals surface area contributed by atoms with Gasteiger partial charge in [-0.15, -0.1) is 0 Å². The number of hydrogen-bond acceptors (Lipinski definition) is 3. The summed E-state index contributed by atoms with van der Waals surface area (Å²) in [5.41, 5.74) is 1.99. The van der Waals surface area contributed by atoms with Crippen molar-refractivity contribution in [1.82, 2.24) is 5.32 Å². The van der Waals surface area contributed by atoms with E-state index in [2.05, 4.69) is 17.2 Å². The first-order valence-corrected chi connectivity index (χ1v) is 9.08. The lowest BCUT2D eigenvalue weighted by atomic mass is 10.2. The number of amides is 2. The molecular formula is C18H20N2O3S. The summed E-state index contributed by atoms with van der Waals surface area (Å²) < 4.78 is 24.8. The Hall–Kier alpha value is -2.60. The van der Waals surface area contributed by atoms with Crippen LogP contribution in [0.4, 0.5) is 10.5 Å². The van der Waals surface area contributed by atoms with Gasteiger partial charge in [-0.25, -0.2) is 13.2 Å². The van der Waals surface area contributed by atoms with Crippen molar-refractivity contribution >= 4 is 21.6 Å². The highest BCUT2D eigenvalue weighted by molar-refractivity contribution is 7.90. The molecule has 6 heteroatoms. The molecule has 0 heterocycles. The van der Waals surface area contributed by atoms with Crippen molar-refractivity contribution in [2.75, 3.05) is 11.9 Å². The van der Waals surface area contributed by atoms with Crippen LogP contribution in [0, 0.1) is 0 Å². The molecule has 0 aliphatic heterocycles. The molecule has 0 spiro atoms. The Morgan fingerprint density at radius 3 is 2.46 bits per heavy atom. The Balaban J connectivity index is 2.08. The molecule has 0 aromatic heterocycles. The largest absolute Gasteiger partial charge is 0.334 e. The molecule has 0 saturated heterocycles. The lowest BCUT2D eigenvalue weighted by Gasteiger charge is -2.09. The van der Waals surface area contributed by atoms with E-state index in [-0.39, 0.29) is 16.7 Å². The molecule has 126 valence electrons. The molecule has 0 aliphatic rings. The SMILES string of the molecule is C=C(C)CNC(=O)Nc1cccc(CS(=O)(=O)c2ccccc2)c1. The summed E-state index contributed by atoms with van der Waals surface area (Å²) in [5, 5.41) is 5.33. The van der Waals surface area contributed by atoms with E-state index in [4.69, 9.17) is 0 Å². The van der Waals surface area contributed by atoms with Crippen molar-refractivity contribution < 1.29 is 13.2 Å². The van der Waals surface area contributed by atoms with E-state index >= 15 is 0 Å². The van der Waals surface area contributed by atoms with Crippen molar-refractivity contribution in [1.29, 1.82) is 0 Å². The number of sulfone groups is 1. The third kappa shape index (κ3) is 5.24. The summed E-state index contributed by atoms with van der Waals surface area (Å²) in [5.74, 6) is -0.125. The van der Waals surface area contributed by atoms with Gasteiger partial charge in [-0.05, 0) is 36.8 Å². The Morgan fingerprint density at radius 1 is 1.08 bits per heavy atom. The zero-order chi connectivity index (χ0) is 17.6.